The van der Waals surface area contributed by atoms with Crippen LogP contribution in [-0.4, -0.2) is 18.4 Å². The van der Waals surface area contributed by atoms with Crippen molar-refractivity contribution in [3.05, 3.63) is 24.9 Å². The zero-order valence-corrected chi connectivity index (χ0v) is 8.03. The van der Waals surface area contributed by atoms with Crippen molar-refractivity contribution in [3.63, 3.8) is 0 Å². The van der Waals surface area contributed by atoms with Gasteiger partial charge < -0.3 is 9.26 Å². The highest BCUT2D eigenvalue weighted by atomic mass is 16.5. The van der Waals surface area contributed by atoms with Gasteiger partial charge >= 0.3 is 0 Å². The Morgan fingerprint density at radius 2 is 2.54 bits per heavy atom. The topological polar surface area (TPSA) is 35.3 Å². The summed E-state index contributed by atoms with van der Waals surface area (Å²) in [4.78, 5) is 0. The van der Waals surface area contributed by atoms with Crippen LogP contribution in [0.3, 0.4) is 0 Å². The van der Waals surface area contributed by atoms with Crippen molar-refractivity contribution in [2.45, 2.75) is 25.7 Å². The minimum Gasteiger partial charge on any atom is -0.381 e. The van der Waals surface area contributed by atoms with Crippen molar-refractivity contribution in [3.8, 4) is 0 Å². The summed E-state index contributed by atoms with van der Waals surface area (Å²) >= 11 is 0. The number of rotatable bonds is 6. The fourth-order valence-electron chi connectivity index (χ4n) is 1.03. The molecule has 13 heavy (non-hydrogen) atoms. The molecule has 0 spiro atoms. The number of nitrogens with zero attached hydrogens (tertiary/aromatic N) is 1. The summed E-state index contributed by atoms with van der Waals surface area (Å²) in [5, 5.41) is 3.65. The SMILES string of the molecule is [CH2]CCCOCC(C)c1ccno1. The highest BCUT2D eigenvalue weighted by Gasteiger charge is 2.08. The minimum atomic E-state index is 0.285. The molecule has 0 aliphatic carbocycles. The maximum absolute atomic E-state index is 5.43. The highest BCUT2D eigenvalue weighted by Crippen LogP contribution is 2.13. The van der Waals surface area contributed by atoms with Gasteiger partial charge in [0.15, 0.2) is 0 Å². The summed E-state index contributed by atoms with van der Waals surface area (Å²) < 4.78 is 10.4. The van der Waals surface area contributed by atoms with Crippen LogP contribution in [-0.2, 0) is 4.74 Å². The first-order valence-electron chi connectivity index (χ1n) is 4.62. The third-order valence-corrected chi connectivity index (χ3v) is 1.85. The van der Waals surface area contributed by atoms with Crippen LogP contribution < -0.4 is 0 Å². The van der Waals surface area contributed by atoms with Crippen LogP contribution in [0, 0.1) is 6.92 Å². The van der Waals surface area contributed by atoms with Gasteiger partial charge in [-0.25, -0.2) is 0 Å². The summed E-state index contributed by atoms with van der Waals surface area (Å²) in [5.41, 5.74) is 0. The number of aromatic nitrogens is 1. The molecule has 0 N–H and O–H groups in total. The Morgan fingerprint density at radius 3 is 3.15 bits per heavy atom. The average Bonchev–Trinajstić information content (AvgIpc) is 2.65. The summed E-state index contributed by atoms with van der Waals surface area (Å²) in [6.07, 6.45) is 3.60. The maximum atomic E-state index is 5.43. The third kappa shape index (κ3) is 3.59. The second-order valence-corrected chi connectivity index (χ2v) is 3.10. The van der Waals surface area contributed by atoms with Crippen LogP contribution >= 0.6 is 0 Å². The lowest BCUT2D eigenvalue weighted by Crippen LogP contribution is -2.04. The van der Waals surface area contributed by atoms with E-state index in [-0.39, 0.29) is 5.92 Å². The largest absolute Gasteiger partial charge is 0.381 e. The lowest BCUT2D eigenvalue weighted by Gasteiger charge is -2.07. The smallest absolute Gasteiger partial charge is 0.141 e. The molecule has 1 aromatic heterocycles. The average molecular weight is 182 g/mol. The van der Waals surface area contributed by atoms with Gasteiger partial charge in [-0.3, -0.25) is 0 Å². The molecule has 1 atom stereocenters. The Kier molecular flexibility index (Phi) is 4.54. The molecule has 0 fully saturated rings. The molecule has 0 bridgehead atoms. The fraction of sp³-hybridized carbons (Fsp3) is 0.600. The van der Waals surface area contributed by atoms with E-state index < -0.39 is 0 Å². The summed E-state index contributed by atoms with van der Waals surface area (Å²) in [6, 6.07) is 1.87. The summed E-state index contributed by atoms with van der Waals surface area (Å²) in [7, 11) is 0. The first-order chi connectivity index (χ1) is 6.34. The molecule has 1 aromatic rings. The van der Waals surface area contributed by atoms with Crippen LogP contribution in [0.2, 0.25) is 0 Å². The van der Waals surface area contributed by atoms with Crippen molar-refractivity contribution in [2.75, 3.05) is 13.2 Å². The number of unbranched alkanes of at least 4 members (excludes halogenated alkanes) is 1. The number of hydrogen-bond acceptors (Lipinski definition) is 3. The molecule has 0 saturated heterocycles. The van der Waals surface area contributed by atoms with E-state index in [0.29, 0.717) is 6.61 Å². The lowest BCUT2D eigenvalue weighted by molar-refractivity contribution is 0.115. The molecule has 1 heterocycles. The molecule has 0 amide bonds. The van der Waals surface area contributed by atoms with Crippen LogP contribution in [0.5, 0.6) is 0 Å². The van der Waals surface area contributed by atoms with E-state index in [4.69, 9.17) is 9.26 Å². The molecule has 1 rings (SSSR count). The standard InChI is InChI=1S/C10H16NO2/c1-3-4-7-12-8-9(2)10-5-6-11-13-10/h5-6,9H,1,3-4,7-8H2,2H3. The highest BCUT2D eigenvalue weighted by molar-refractivity contribution is 4.99. The molecular formula is C10H16NO2. The molecule has 3 heteroatoms. The van der Waals surface area contributed by atoms with E-state index >= 15 is 0 Å². The van der Waals surface area contributed by atoms with E-state index in [2.05, 4.69) is 19.0 Å². The van der Waals surface area contributed by atoms with Crippen LogP contribution in [0.25, 0.3) is 0 Å². The lowest BCUT2D eigenvalue weighted by atomic mass is 10.1. The second-order valence-electron chi connectivity index (χ2n) is 3.10. The Morgan fingerprint density at radius 1 is 1.69 bits per heavy atom. The number of ether oxygens (including phenoxy) is 1. The molecular weight excluding hydrogens is 166 g/mol. The van der Waals surface area contributed by atoms with Crippen LogP contribution in [0.15, 0.2) is 16.8 Å². The van der Waals surface area contributed by atoms with Gasteiger partial charge in [0.05, 0.1) is 12.8 Å². The Balaban J connectivity index is 2.15. The molecule has 1 unspecified atom stereocenters. The van der Waals surface area contributed by atoms with Crippen LogP contribution in [0.4, 0.5) is 0 Å². The molecule has 1 radical (unpaired) electrons. The third-order valence-electron chi connectivity index (χ3n) is 1.85. The van der Waals surface area contributed by atoms with Gasteiger partial charge in [-0.05, 0) is 6.42 Å². The van der Waals surface area contributed by atoms with Gasteiger partial charge in [0.25, 0.3) is 0 Å². The monoisotopic (exact) mass is 182 g/mol. The Hall–Kier alpha value is -0.830. The molecule has 0 saturated carbocycles. The van der Waals surface area contributed by atoms with E-state index in [1.807, 2.05) is 6.07 Å². The van der Waals surface area contributed by atoms with Gasteiger partial charge in [0.2, 0.25) is 0 Å². The molecule has 3 nitrogen and oxygen atoms in total. The normalized spacial score (nSPS) is 13.1. The van der Waals surface area contributed by atoms with Gasteiger partial charge in [0, 0.05) is 18.6 Å². The Bertz CT molecular complexity index is 209. The van der Waals surface area contributed by atoms with Crippen molar-refractivity contribution < 1.29 is 9.26 Å². The van der Waals surface area contributed by atoms with Crippen molar-refractivity contribution in [2.24, 2.45) is 0 Å². The van der Waals surface area contributed by atoms with Crippen molar-refractivity contribution in [1.82, 2.24) is 5.16 Å². The zero-order valence-electron chi connectivity index (χ0n) is 8.03. The molecule has 0 aliphatic heterocycles. The molecule has 0 aromatic carbocycles. The summed E-state index contributed by atoms with van der Waals surface area (Å²) in [6.45, 7) is 7.27. The van der Waals surface area contributed by atoms with E-state index in [9.17, 15) is 0 Å². The molecule has 73 valence electrons. The zero-order chi connectivity index (χ0) is 9.52. The maximum Gasteiger partial charge on any atom is 0.141 e. The molecule has 0 aliphatic rings. The van der Waals surface area contributed by atoms with Gasteiger partial charge in [-0.1, -0.05) is 25.4 Å². The quantitative estimate of drug-likeness (QED) is 0.634. The van der Waals surface area contributed by atoms with E-state index in [0.717, 1.165) is 25.2 Å². The second kappa shape index (κ2) is 5.75. The van der Waals surface area contributed by atoms with E-state index in [1.54, 1.807) is 6.20 Å². The summed E-state index contributed by atoms with van der Waals surface area (Å²) in [5.74, 6) is 1.17. The Labute approximate surface area is 79.1 Å². The van der Waals surface area contributed by atoms with Gasteiger partial charge in [-0.15, -0.1) is 0 Å². The first-order valence-corrected chi connectivity index (χ1v) is 4.62. The number of hydrogen-bond donors (Lipinski definition) is 0. The van der Waals surface area contributed by atoms with Crippen molar-refractivity contribution in [1.29, 1.82) is 0 Å². The first kappa shape index (κ1) is 10.3. The van der Waals surface area contributed by atoms with Gasteiger partial charge in [-0.2, -0.15) is 0 Å². The minimum absolute atomic E-state index is 0.285. The predicted octanol–water partition coefficient (Wildman–Crippen LogP) is 2.41. The van der Waals surface area contributed by atoms with Crippen LogP contribution in [0.1, 0.15) is 31.4 Å². The van der Waals surface area contributed by atoms with Gasteiger partial charge in [0.1, 0.15) is 5.76 Å². The fourth-order valence-corrected chi connectivity index (χ4v) is 1.03. The van der Waals surface area contributed by atoms with Crippen molar-refractivity contribution >= 4 is 0 Å². The predicted molar refractivity (Wildman–Crippen MR) is 50.3 cm³/mol. The van der Waals surface area contributed by atoms with E-state index in [1.165, 1.54) is 0 Å².